The van der Waals surface area contributed by atoms with E-state index < -0.39 is 0 Å². The molecule has 0 unspecified atom stereocenters. The predicted molar refractivity (Wildman–Crippen MR) is 98.8 cm³/mol. The quantitative estimate of drug-likeness (QED) is 0.808. The Labute approximate surface area is 158 Å². The van der Waals surface area contributed by atoms with E-state index in [0.29, 0.717) is 30.8 Å². The number of ether oxygens (including phenoxy) is 2. The van der Waals surface area contributed by atoms with Crippen LogP contribution in [0.25, 0.3) is 0 Å². The SMILES string of the molecule is Cc1cc(CNC(=O)c2cnn(CCO[C@@H]3CCCCO3)c2C)ccc1F. The zero-order valence-corrected chi connectivity index (χ0v) is 15.8. The number of rotatable bonds is 7. The molecule has 0 aliphatic carbocycles. The van der Waals surface area contributed by atoms with Gasteiger partial charge in [0.1, 0.15) is 5.82 Å². The van der Waals surface area contributed by atoms with Crippen molar-refractivity contribution < 1.29 is 18.7 Å². The Kier molecular flexibility index (Phi) is 6.58. The highest BCUT2D eigenvalue weighted by Gasteiger charge is 2.16. The molecule has 1 fully saturated rings. The van der Waals surface area contributed by atoms with Gasteiger partial charge in [0.15, 0.2) is 6.29 Å². The average Bonchev–Trinajstić information content (AvgIpc) is 3.04. The zero-order valence-electron chi connectivity index (χ0n) is 15.8. The molecule has 1 aromatic carbocycles. The molecular formula is C20H26FN3O3. The molecule has 1 aliphatic rings. The van der Waals surface area contributed by atoms with E-state index in [1.807, 2.05) is 6.92 Å². The number of hydrogen-bond donors (Lipinski definition) is 1. The van der Waals surface area contributed by atoms with Gasteiger partial charge in [-0.15, -0.1) is 0 Å². The van der Waals surface area contributed by atoms with Crippen LogP contribution in [0, 0.1) is 19.7 Å². The van der Waals surface area contributed by atoms with Crippen LogP contribution in [0.5, 0.6) is 0 Å². The summed E-state index contributed by atoms with van der Waals surface area (Å²) < 4.78 is 26.3. The number of nitrogens with one attached hydrogen (secondary N) is 1. The summed E-state index contributed by atoms with van der Waals surface area (Å²) in [6.07, 6.45) is 4.58. The maximum Gasteiger partial charge on any atom is 0.255 e. The Morgan fingerprint density at radius 1 is 1.41 bits per heavy atom. The molecule has 0 radical (unpaired) electrons. The van der Waals surface area contributed by atoms with Gasteiger partial charge in [-0.05, 0) is 50.3 Å². The van der Waals surface area contributed by atoms with E-state index in [1.165, 1.54) is 6.07 Å². The van der Waals surface area contributed by atoms with Crippen LogP contribution in [0.3, 0.4) is 0 Å². The molecule has 0 saturated carbocycles. The van der Waals surface area contributed by atoms with E-state index in [4.69, 9.17) is 9.47 Å². The van der Waals surface area contributed by atoms with Crippen LogP contribution in [-0.2, 0) is 22.6 Å². The summed E-state index contributed by atoms with van der Waals surface area (Å²) in [4.78, 5) is 12.4. The molecule has 27 heavy (non-hydrogen) atoms. The number of benzene rings is 1. The molecule has 1 saturated heterocycles. The average molecular weight is 375 g/mol. The zero-order chi connectivity index (χ0) is 19.2. The Morgan fingerprint density at radius 2 is 2.26 bits per heavy atom. The fourth-order valence-corrected chi connectivity index (χ4v) is 3.10. The highest BCUT2D eigenvalue weighted by Crippen LogP contribution is 2.14. The first-order chi connectivity index (χ1) is 13.0. The number of carbonyl (C=O) groups is 1. The van der Waals surface area contributed by atoms with E-state index >= 15 is 0 Å². The molecule has 0 bridgehead atoms. The number of hydrogen-bond acceptors (Lipinski definition) is 4. The molecule has 2 heterocycles. The normalized spacial score (nSPS) is 17.1. The number of halogens is 1. The van der Waals surface area contributed by atoms with Crippen molar-refractivity contribution in [2.24, 2.45) is 0 Å². The lowest BCUT2D eigenvalue weighted by molar-refractivity contribution is -0.163. The molecule has 0 spiro atoms. The topological polar surface area (TPSA) is 65.4 Å². The molecule has 1 amide bonds. The van der Waals surface area contributed by atoms with Crippen molar-refractivity contribution in [3.05, 3.63) is 52.6 Å². The molecule has 6 nitrogen and oxygen atoms in total. The van der Waals surface area contributed by atoms with Gasteiger partial charge in [-0.1, -0.05) is 12.1 Å². The number of aromatic nitrogens is 2. The third-order valence-electron chi connectivity index (χ3n) is 4.77. The minimum atomic E-state index is -0.247. The highest BCUT2D eigenvalue weighted by atomic mass is 19.1. The molecule has 1 atom stereocenters. The summed E-state index contributed by atoms with van der Waals surface area (Å²) in [5.74, 6) is -0.444. The summed E-state index contributed by atoms with van der Waals surface area (Å²) in [6, 6.07) is 4.82. The third kappa shape index (κ3) is 5.14. The van der Waals surface area contributed by atoms with Gasteiger partial charge in [-0.3, -0.25) is 9.48 Å². The van der Waals surface area contributed by atoms with Crippen molar-refractivity contribution in [3.63, 3.8) is 0 Å². The number of carbonyl (C=O) groups excluding carboxylic acids is 1. The van der Waals surface area contributed by atoms with Crippen LogP contribution in [0.2, 0.25) is 0 Å². The molecule has 7 heteroatoms. The predicted octanol–water partition coefficient (Wildman–Crippen LogP) is 3.11. The molecule has 3 rings (SSSR count). The first kappa shape index (κ1) is 19.5. The van der Waals surface area contributed by atoms with Crippen molar-refractivity contribution >= 4 is 5.91 Å². The molecule has 1 aliphatic heterocycles. The van der Waals surface area contributed by atoms with Crippen molar-refractivity contribution in [2.45, 2.75) is 52.5 Å². The van der Waals surface area contributed by atoms with E-state index in [-0.39, 0.29) is 18.0 Å². The van der Waals surface area contributed by atoms with Crippen LogP contribution in [0.1, 0.15) is 46.4 Å². The van der Waals surface area contributed by atoms with Crippen LogP contribution >= 0.6 is 0 Å². The van der Waals surface area contributed by atoms with Gasteiger partial charge in [0.2, 0.25) is 0 Å². The van der Waals surface area contributed by atoms with Crippen LogP contribution in [0.4, 0.5) is 4.39 Å². The minimum Gasteiger partial charge on any atom is -0.353 e. The summed E-state index contributed by atoms with van der Waals surface area (Å²) in [6.45, 7) is 5.71. The second-order valence-corrected chi connectivity index (χ2v) is 6.80. The molecule has 1 aromatic heterocycles. The van der Waals surface area contributed by atoms with Gasteiger partial charge in [-0.2, -0.15) is 5.10 Å². The highest BCUT2D eigenvalue weighted by molar-refractivity contribution is 5.94. The van der Waals surface area contributed by atoms with Crippen molar-refractivity contribution in [3.8, 4) is 0 Å². The van der Waals surface area contributed by atoms with Crippen molar-refractivity contribution in [1.29, 1.82) is 0 Å². The van der Waals surface area contributed by atoms with Crippen molar-refractivity contribution in [2.75, 3.05) is 13.2 Å². The van der Waals surface area contributed by atoms with Gasteiger partial charge in [0.05, 0.1) is 24.9 Å². The van der Waals surface area contributed by atoms with E-state index in [2.05, 4.69) is 10.4 Å². The first-order valence-corrected chi connectivity index (χ1v) is 9.33. The van der Waals surface area contributed by atoms with Gasteiger partial charge in [0.25, 0.3) is 5.91 Å². The fourth-order valence-electron chi connectivity index (χ4n) is 3.10. The van der Waals surface area contributed by atoms with E-state index in [1.54, 1.807) is 29.9 Å². The van der Waals surface area contributed by atoms with Gasteiger partial charge in [-0.25, -0.2) is 4.39 Å². The summed E-state index contributed by atoms with van der Waals surface area (Å²) in [5.41, 5.74) is 2.74. The first-order valence-electron chi connectivity index (χ1n) is 9.33. The van der Waals surface area contributed by atoms with Gasteiger partial charge >= 0.3 is 0 Å². The fraction of sp³-hybridized carbons (Fsp3) is 0.500. The third-order valence-corrected chi connectivity index (χ3v) is 4.77. The lowest BCUT2D eigenvalue weighted by Crippen LogP contribution is -2.25. The Balaban J connectivity index is 1.50. The van der Waals surface area contributed by atoms with Crippen LogP contribution in [0.15, 0.2) is 24.4 Å². The lowest BCUT2D eigenvalue weighted by atomic mass is 10.1. The standard InChI is InChI=1S/C20H26FN3O3/c1-14-11-16(6-7-18(14)21)12-22-20(25)17-13-23-24(15(17)2)8-10-27-19-5-3-4-9-26-19/h6-7,11,13,19H,3-5,8-10,12H2,1-2H3,(H,22,25)/t19-/m1/s1. The minimum absolute atomic E-state index is 0.128. The largest absolute Gasteiger partial charge is 0.353 e. The number of aryl methyl sites for hydroxylation is 1. The lowest BCUT2D eigenvalue weighted by Gasteiger charge is -2.22. The molecular weight excluding hydrogens is 349 g/mol. The Bertz CT molecular complexity index is 785. The summed E-state index contributed by atoms with van der Waals surface area (Å²) in [7, 11) is 0. The van der Waals surface area contributed by atoms with Crippen LogP contribution in [-0.4, -0.2) is 35.2 Å². The maximum absolute atomic E-state index is 13.3. The van der Waals surface area contributed by atoms with E-state index in [0.717, 1.165) is 37.1 Å². The molecule has 1 N–H and O–H groups in total. The molecule has 146 valence electrons. The molecule has 2 aromatic rings. The summed E-state index contributed by atoms with van der Waals surface area (Å²) >= 11 is 0. The van der Waals surface area contributed by atoms with E-state index in [9.17, 15) is 9.18 Å². The smallest absolute Gasteiger partial charge is 0.255 e. The number of nitrogens with zero attached hydrogens (tertiary/aromatic N) is 2. The van der Waals surface area contributed by atoms with Crippen molar-refractivity contribution in [1.82, 2.24) is 15.1 Å². The second kappa shape index (κ2) is 9.10. The van der Waals surface area contributed by atoms with Gasteiger partial charge < -0.3 is 14.8 Å². The monoisotopic (exact) mass is 375 g/mol. The Morgan fingerprint density at radius 3 is 3.00 bits per heavy atom. The van der Waals surface area contributed by atoms with Crippen LogP contribution < -0.4 is 5.32 Å². The maximum atomic E-state index is 13.3. The van der Waals surface area contributed by atoms with Gasteiger partial charge in [0, 0.05) is 18.8 Å². The second-order valence-electron chi connectivity index (χ2n) is 6.80. The Hall–Kier alpha value is -2.25. The summed E-state index contributed by atoms with van der Waals surface area (Å²) in [5, 5.41) is 7.14. The number of amides is 1.